The second-order valence-corrected chi connectivity index (χ2v) is 7.36. The Balaban J connectivity index is 1.99. The van der Waals surface area contributed by atoms with Gasteiger partial charge in [-0.1, -0.05) is 6.07 Å². The summed E-state index contributed by atoms with van der Waals surface area (Å²) < 4.78 is 2.32. The van der Waals surface area contributed by atoms with E-state index in [9.17, 15) is 0 Å². The molecule has 4 aromatic heterocycles. The van der Waals surface area contributed by atoms with Crippen molar-refractivity contribution in [3.8, 4) is 33.0 Å². The summed E-state index contributed by atoms with van der Waals surface area (Å²) in [5.41, 5.74) is 6.51. The highest BCUT2D eigenvalue weighted by Crippen LogP contribution is 2.40. The van der Waals surface area contributed by atoms with Crippen molar-refractivity contribution in [3.05, 3.63) is 57.2 Å². The minimum atomic E-state index is 1.28. The van der Waals surface area contributed by atoms with Crippen LogP contribution in [0.3, 0.4) is 0 Å². The molecule has 0 saturated heterocycles. The lowest BCUT2D eigenvalue weighted by atomic mass is 10.1. The quantitative estimate of drug-likeness (QED) is 0.421. The first kappa shape index (κ1) is 13.1. The summed E-state index contributed by atoms with van der Waals surface area (Å²) >= 11 is 5.29. The topological polar surface area (TPSA) is 4.93 Å². The molecular weight excluding hydrogens is 314 g/mol. The van der Waals surface area contributed by atoms with Gasteiger partial charge in [0.25, 0.3) is 0 Å². The molecule has 0 aromatic carbocycles. The van der Waals surface area contributed by atoms with Crippen LogP contribution in [0, 0.1) is 0 Å². The summed E-state index contributed by atoms with van der Waals surface area (Å²) in [5.74, 6) is 0. The van der Waals surface area contributed by atoms with Gasteiger partial charge in [0, 0.05) is 23.6 Å². The maximum absolute atomic E-state index is 2.32. The fraction of sp³-hybridized carbons (Fsp3) is 0.0588. The van der Waals surface area contributed by atoms with Crippen molar-refractivity contribution in [3.63, 3.8) is 0 Å². The van der Waals surface area contributed by atoms with E-state index in [-0.39, 0.29) is 0 Å². The van der Waals surface area contributed by atoms with Crippen molar-refractivity contribution in [2.75, 3.05) is 0 Å². The average molecular weight is 327 g/mol. The van der Waals surface area contributed by atoms with E-state index in [1.54, 1.807) is 34.0 Å². The zero-order valence-corrected chi connectivity index (χ0v) is 13.9. The van der Waals surface area contributed by atoms with Crippen LogP contribution in [0.2, 0.25) is 0 Å². The van der Waals surface area contributed by atoms with Crippen molar-refractivity contribution >= 4 is 34.0 Å². The van der Waals surface area contributed by atoms with Crippen molar-refractivity contribution < 1.29 is 0 Å². The number of nitrogens with zero attached hydrogens (tertiary/aromatic N) is 1. The Morgan fingerprint density at radius 2 is 1.67 bits per heavy atom. The lowest BCUT2D eigenvalue weighted by molar-refractivity contribution is 0.950. The lowest BCUT2D eigenvalue weighted by Crippen LogP contribution is -1.93. The van der Waals surface area contributed by atoms with E-state index < -0.39 is 0 Å². The fourth-order valence-corrected chi connectivity index (χ4v) is 4.72. The molecule has 0 aliphatic carbocycles. The molecule has 0 spiro atoms. The number of aromatic nitrogens is 1. The second kappa shape index (κ2) is 5.30. The number of thiophene rings is 3. The Labute approximate surface area is 135 Å². The van der Waals surface area contributed by atoms with Gasteiger partial charge in [0.1, 0.15) is 0 Å². The largest absolute Gasteiger partial charge is 0.342 e. The Kier molecular flexibility index (Phi) is 3.30. The van der Waals surface area contributed by atoms with E-state index in [1.165, 1.54) is 33.0 Å². The molecule has 0 atom stereocenters. The summed E-state index contributed by atoms with van der Waals surface area (Å²) in [6, 6.07) is 11.0. The first-order valence-electron chi connectivity index (χ1n) is 6.63. The predicted molar refractivity (Wildman–Crippen MR) is 95.4 cm³/mol. The number of rotatable bonds is 3. The smallest absolute Gasteiger partial charge is 0.0590 e. The molecular formula is C17H13NS3. The molecule has 0 saturated carbocycles. The van der Waals surface area contributed by atoms with Crippen molar-refractivity contribution in [2.24, 2.45) is 7.05 Å². The third-order valence-electron chi connectivity index (χ3n) is 3.63. The molecule has 1 nitrogen and oxygen atoms in total. The molecule has 0 radical (unpaired) electrons. The third-order valence-corrected chi connectivity index (χ3v) is 5.89. The molecule has 4 rings (SSSR count). The van der Waals surface area contributed by atoms with Gasteiger partial charge in [-0.15, -0.1) is 11.3 Å². The SMILES string of the molecule is Cn1c(-c2cccs2)cc(-c2ccsc2)c1-c1ccsc1. The van der Waals surface area contributed by atoms with Gasteiger partial charge < -0.3 is 4.57 Å². The van der Waals surface area contributed by atoms with Crippen LogP contribution in [0.5, 0.6) is 0 Å². The Bertz CT molecular complexity index is 835. The van der Waals surface area contributed by atoms with E-state index in [1.807, 2.05) is 0 Å². The van der Waals surface area contributed by atoms with Gasteiger partial charge in [-0.3, -0.25) is 0 Å². The molecule has 4 heteroatoms. The predicted octanol–water partition coefficient (Wildman–Crippen LogP) is 6.21. The van der Waals surface area contributed by atoms with Gasteiger partial charge in [-0.05, 0) is 51.3 Å². The number of hydrogen-bond acceptors (Lipinski definition) is 3. The van der Waals surface area contributed by atoms with Crippen molar-refractivity contribution in [2.45, 2.75) is 0 Å². The van der Waals surface area contributed by atoms with Crippen LogP contribution >= 0.6 is 34.0 Å². The first-order chi connectivity index (χ1) is 10.3. The average Bonchev–Trinajstić information content (AvgIpc) is 3.27. The van der Waals surface area contributed by atoms with Gasteiger partial charge in [0.05, 0.1) is 16.3 Å². The molecule has 0 fully saturated rings. The molecule has 21 heavy (non-hydrogen) atoms. The number of hydrogen-bond donors (Lipinski definition) is 0. The zero-order chi connectivity index (χ0) is 14.2. The fourth-order valence-electron chi connectivity index (χ4n) is 2.65. The summed E-state index contributed by atoms with van der Waals surface area (Å²) in [5, 5.41) is 10.9. The first-order valence-corrected chi connectivity index (χ1v) is 9.40. The zero-order valence-electron chi connectivity index (χ0n) is 11.4. The second-order valence-electron chi connectivity index (χ2n) is 4.85. The van der Waals surface area contributed by atoms with Gasteiger partial charge in [-0.25, -0.2) is 0 Å². The summed E-state index contributed by atoms with van der Waals surface area (Å²) in [6.07, 6.45) is 0. The molecule has 0 amide bonds. The van der Waals surface area contributed by atoms with E-state index in [2.05, 4.69) is 68.8 Å². The molecule has 104 valence electrons. The highest BCUT2D eigenvalue weighted by atomic mass is 32.1. The van der Waals surface area contributed by atoms with Crippen LogP contribution in [-0.2, 0) is 7.05 Å². The lowest BCUT2D eigenvalue weighted by Gasteiger charge is -2.07. The molecule has 4 aromatic rings. The molecule has 4 heterocycles. The molecule has 0 N–H and O–H groups in total. The summed E-state index contributed by atoms with van der Waals surface area (Å²) in [6.45, 7) is 0. The minimum absolute atomic E-state index is 1.28. The van der Waals surface area contributed by atoms with Crippen LogP contribution in [-0.4, -0.2) is 4.57 Å². The van der Waals surface area contributed by atoms with E-state index in [0.29, 0.717) is 0 Å². The summed E-state index contributed by atoms with van der Waals surface area (Å²) in [4.78, 5) is 1.32. The minimum Gasteiger partial charge on any atom is -0.342 e. The third kappa shape index (κ3) is 2.20. The van der Waals surface area contributed by atoms with Gasteiger partial charge in [0.2, 0.25) is 0 Å². The highest BCUT2D eigenvalue weighted by molar-refractivity contribution is 7.13. The van der Waals surface area contributed by atoms with Crippen LogP contribution in [0.25, 0.3) is 33.0 Å². The Morgan fingerprint density at radius 1 is 0.905 bits per heavy atom. The van der Waals surface area contributed by atoms with E-state index in [4.69, 9.17) is 0 Å². The van der Waals surface area contributed by atoms with Crippen molar-refractivity contribution in [1.82, 2.24) is 4.57 Å². The van der Waals surface area contributed by atoms with Crippen molar-refractivity contribution in [1.29, 1.82) is 0 Å². The standard InChI is InChI=1S/C17H13NS3/c1-18-15(16-3-2-6-21-16)9-14(12-4-7-19-10-12)17(18)13-5-8-20-11-13/h2-11H,1H3. The van der Waals surface area contributed by atoms with Gasteiger partial charge in [-0.2, -0.15) is 22.7 Å². The molecule has 0 unspecified atom stereocenters. The summed E-state index contributed by atoms with van der Waals surface area (Å²) in [7, 11) is 2.16. The van der Waals surface area contributed by atoms with Gasteiger partial charge >= 0.3 is 0 Å². The van der Waals surface area contributed by atoms with Gasteiger partial charge in [0.15, 0.2) is 0 Å². The van der Waals surface area contributed by atoms with E-state index in [0.717, 1.165) is 0 Å². The maximum atomic E-state index is 2.32. The Hall–Kier alpha value is -1.62. The van der Waals surface area contributed by atoms with Crippen LogP contribution in [0.15, 0.2) is 57.2 Å². The molecule has 0 aliphatic rings. The van der Waals surface area contributed by atoms with Crippen LogP contribution in [0.1, 0.15) is 0 Å². The normalized spacial score (nSPS) is 11.1. The van der Waals surface area contributed by atoms with Crippen LogP contribution < -0.4 is 0 Å². The van der Waals surface area contributed by atoms with E-state index >= 15 is 0 Å². The highest BCUT2D eigenvalue weighted by Gasteiger charge is 2.17. The Morgan fingerprint density at radius 3 is 2.29 bits per heavy atom. The van der Waals surface area contributed by atoms with Crippen LogP contribution in [0.4, 0.5) is 0 Å². The molecule has 0 aliphatic heterocycles. The molecule has 0 bridgehead atoms. The monoisotopic (exact) mass is 327 g/mol. The maximum Gasteiger partial charge on any atom is 0.0590 e.